The maximum Gasteiger partial charge on any atom is 0.235 e. The first-order chi connectivity index (χ1) is 18.7. The van der Waals surface area contributed by atoms with E-state index in [0.717, 1.165) is 0 Å². The highest BCUT2D eigenvalue weighted by atomic mass is 16.3. The van der Waals surface area contributed by atoms with Crippen molar-refractivity contribution in [2.75, 3.05) is 38.8 Å². The number of rotatable bonds is 4. The van der Waals surface area contributed by atoms with Crippen molar-refractivity contribution in [3.05, 3.63) is 41.5 Å². The van der Waals surface area contributed by atoms with Crippen molar-refractivity contribution in [2.24, 2.45) is 29.4 Å². The number of fused-ring (bicyclic) bond motifs is 3. The van der Waals surface area contributed by atoms with Crippen LogP contribution in [0.1, 0.15) is 22.3 Å². The van der Waals surface area contributed by atoms with Gasteiger partial charge in [0.1, 0.15) is 5.75 Å². The highest BCUT2D eigenvalue weighted by molar-refractivity contribution is 6.32. The lowest BCUT2D eigenvalue weighted by atomic mass is 9.52. The Bertz CT molecular complexity index is 1500. The normalized spacial score (nSPS) is 29.6. The molecule has 0 aliphatic heterocycles. The van der Waals surface area contributed by atoms with Gasteiger partial charge >= 0.3 is 0 Å². The number of carbonyl (C=O) groups excluding carboxylic acids is 5. The number of nitrogens with zero attached hydrogens (tertiary/aromatic N) is 2. The fraction of sp³-hybridized carbons (Fsp3) is 0.414. The molecule has 2 aromatic rings. The lowest BCUT2D eigenvalue weighted by Crippen LogP contribution is -2.74. The number of benzene rings is 2. The summed E-state index contributed by atoms with van der Waals surface area (Å²) in [6.45, 7) is 0. The van der Waals surface area contributed by atoms with E-state index in [1.807, 2.05) is 0 Å². The van der Waals surface area contributed by atoms with Gasteiger partial charge < -0.3 is 26.6 Å². The number of phenolic OH excluding ortho intramolecular Hbond substituents is 1. The predicted octanol–water partition coefficient (Wildman–Crippen LogP) is 0.182. The lowest BCUT2D eigenvalue weighted by molar-refractivity contribution is -0.181. The van der Waals surface area contributed by atoms with E-state index in [4.69, 9.17) is 11.5 Å². The molecule has 0 bridgehead atoms. The van der Waals surface area contributed by atoms with E-state index in [9.17, 15) is 34.2 Å². The molecule has 0 heterocycles. The van der Waals surface area contributed by atoms with Crippen molar-refractivity contribution >= 4 is 40.4 Å². The average Bonchev–Trinajstić information content (AvgIpc) is 2.85. The minimum Gasteiger partial charge on any atom is -0.507 e. The summed E-state index contributed by atoms with van der Waals surface area (Å²) in [6.07, 6.45) is 0.179. The van der Waals surface area contributed by atoms with E-state index >= 15 is 0 Å². The third kappa shape index (κ3) is 3.68. The predicted molar refractivity (Wildman–Crippen MR) is 146 cm³/mol. The number of ketones is 4. The summed E-state index contributed by atoms with van der Waals surface area (Å²) in [5.41, 5.74) is 11.0. The Balaban J connectivity index is 1.69. The molecule has 11 heteroatoms. The Morgan fingerprint density at radius 1 is 1.05 bits per heavy atom. The SMILES string of the molecule is CN(C)c1cc(-c2cccc(N)c2)c(O)c2c1CC1CC3C(N(C)C)C(=O)C(C(N)=O)C(=O)C3(O)C(=O)C1C2=O. The van der Waals surface area contributed by atoms with Crippen LogP contribution in [0.15, 0.2) is 30.3 Å². The largest absolute Gasteiger partial charge is 0.507 e. The molecule has 6 N–H and O–H groups in total. The van der Waals surface area contributed by atoms with Crippen molar-refractivity contribution in [3.63, 3.8) is 0 Å². The van der Waals surface area contributed by atoms with Crippen molar-refractivity contribution in [3.8, 4) is 16.9 Å². The van der Waals surface area contributed by atoms with Gasteiger partial charge in [0, 0.05) is 37.0 Å². The van der Waals surface area contributed by atoms with Crippen LogP contribution in [0.4, 0.5) is 11.4 Å². The molecule has 210 valence electrons. The van der Waals surface area contributed by atoms with Crippen LogP contribution in [0.3, 0.4) is 0 Å². The zero-order valence-electron chi connectivity index (χ0n) is 22.7. The number of Topliss-reactive ketones (excluding diaryl/α,β-unsaturated/α-hetero) is 4. The molecule has 2 aromatic carbocycles. The van der Waals surface area contributed by atoms with Crippen LogP contribution in [-0.4, -0.2) is 84.0 Å². The first-order valence-corrected chi connectivity index (χ1v) is 13.0. The van der Waals surface area contributed by atoms with E-state index < -0.39 is 64.4 Å². The maximum atomic E-state index is 14.1. The number of nitrogen functional groups attached to an aromatic ring is 1. The Labute approximate surface area is 230 Å². The molecule has 6 unspecified atom stereocenters. The maximum absolute atomic E-state index is 14.1. The van der Waals surface area contributed by atoms with Crippen LogP contribution in [0.2, 0.25) is 0 Å². The van der Waals surface area contributed by atoms with Gasteiger partial charge in [-0.15, -0.1) is 0 Å². The molecule has 11 nitrogen and oxygen atoms in total. The number of hydrogen-bond donors (Lipinski definition) is 4. The van der Waals surface area contributed by atoms with Gasteiger partial charge in [-0.1, -0.05) is 12.1 Å². The third-order valence-corrected chi connectivity index (χ3v) is 8.72. The van der Waals surface area contributed by atoms with Crippen molar-refractivity contribution < 1.29 is 34.2 Å². The van der Waals surface area contributed by atoms with E-state index in [1.165, 1.54) is 4.90 Å². The third-order valence-electron chi connectivity index (χ3n) is 8.72. The minimum atomic E-state index is -2.76. The van der Waals surface area contributed by atoms with Gasteiger partial charge in [0.25, 0.3) is 0 Å². The summed E-state index contributed by atoms with van der Waals surface area (Å²) in [4.78, 5) is 70.2. The molecule has 6 atom stereocenters. The number of aliphatic hydroxyl groups is 1. The van der Waals surface area contributed by atoms with Crippen molar-refractivity contribution in [1.82, 2.24) is 4.90 Å². The zero-order valence-corrected chi connectivity index (χ0v) is 22.7. The number of primary amides is 1. The number of nitrogens with two attached hydrogens (primary N) is 2. The average molecular weight is 549 g/mol. The van der Waals surface area contributed by atoms with Crippen LogP contribution in [0.5, 0.6) is 5.75 Å². The van der Waals surface area contributed by atoms with Crippen LogP contribution in [0.25, 0.3) is 11.1 Å². The second-order valence-corrected chi connectivity index (χ2v) is 11.5. The summed E-state index contributed by atoms with van der Waals surface area (Å²) in [5, 5.41) is 23.2. The first kappa shape index (κ1) is 27.5. The summed E-state index contributed by atoms with van der Waals surface area (Å²) in [5.74, 6) is -10.7. The highest BCUT2D eigenvalue weighted by Gasteiger charge is 2.69. The molecule has 5 rings (SSSR count). The van der Waals surface area contributed by atoms with Crippen LogP contribution in [-0.2, 0) is 25.6 Å². The fourth-order valence-electron chi connectivity index (χ4n) is 6.98. The minimum absolute atomic E-state index is 0.00546. The monoisotopic (exact) mass is 548 g/mol. The Kier molecular flexibility index (Phi) is 6.35. The number of carbonyl (C=O) groups is 5. The topological polar surface area (TPSA) is 184 Å². The summed E-state index contributed by atoms with van der Waals surface area (Å²) >= 11 is 0. The molecule has 2 fully saturated rings. The van der Waals surface area contributed by atoms with Gasteiger partial charge in [0.2, 0.25) is 5.91 Å². The van der Waals surface area contributed by atoms with E-state index in [1.54, 1.807) is 63.4 Å². The van der Waals surface area contributed by atoms with Gasteiger partial charge in [-0.3, -0.25) is 28.9 Å². The second kappa shape index (κ2) is 9.24. The number of aromatic hydroxyl groups is 1. The van der Waals surface area contributed by atoms with Gasteiger partial charge in [-0.2, -0.15) is 0 Å². The van der Waals surface area contributed by atoms with E-state index in [-0.39, 0.29) is 24.2 Å². The lowest BCUT2D eigenvalue weighted by Gasteiger charge is -2.52. The molecule has 3 aliphatic rings. The number of hydrogen-bond acceptors (Lipinski definition) is 10. The smallest absolute Gasteiger partial charge is 0.235 e. The number of phenols is 1. The van der Waals surface area contributed by atoms with Gasteiger partial charge in [0.05, 0.1) is 17.5 Å². The van der Waals surface area contributed by atoms with E-state index in [2.05, 4.69) is 0 Å². The number of anilines is 2. The highest BCUT2D eigenvalue weighted by Crippen LogP contribution is 2.53. The molecular formula is C29H32N4O7. The van der Waals surface area contributed by atoms with Crippen LogP contribution < -0.4 is 16.4 Å². The van der Waals surface area contributed by atoms with Crippen LogP contribution in [0, 0.1) is 23.7 Å². The first-order valence-electron chi connectivity index (χ1n) is 13.0. The number of amides is 1. The standard InChI is InChI=1S/C29H32N4O7/c1-32(2)18-11-15(12-6-5-7-14(30)8-12)23(34)20-16(18)9-13-10-17-22(33(3)4)25(36)21(28(31)39)27(38)29(17,40)26(37)19(13)24(20)35/h5-8,11,13,17,19,21-22,34,40H,9-10,30H2,1-4H3,(H2,31,39). The molecule has 40 heavy (non-hydrogen) atoms. The summed E-state index contributed by atoms with van der Waals surface area (Å²) < 4.78 is 0. The Morgan fingerprint density at radius 3 is 2.30 bits per heavy atom. The molecule has 3 aliphatic carbocycles. The van der Waals surface area contributed by atoms with Gasteiger partial charge in [-0.25, -0.2) is 0 Å². The molecule has 1 amide bonds. The van der Waals surface area contributed by atoms with Gasteiger partial charge in [0.15, 0.2) is 34.7 Å². The fourth-order valence-corrected chi connectivity index (χ4v) is 6.98. The summed E-state index contributed by atoms with van der Waals surface area (Å²) in [6, 6.07) is 7.39. The molecule has 0 saturated heterocycles. The Hall–Kier alpha value is -4.09. The molecule has 0 spiro atoms. The van der Waals surface area contributed by atoms with Crippen molar-refractivity contribution in [2.45, 2.75) is 24.5 Å². The molecular weight excluding hydrogens is 516 g/mol. The molecule has 0 radical (unpaired) electrons. The van der Waals surface area contributed by atoms with Crippen LogP contribution >= 0.6 is 0 Å². The van der Waals surface area contributed by atoms with Crippen molar-refractivity contribution in [1.29, 1.82) is 0 Å². The second-order valence-electron chi connectivity index (χ2n) is 11.5. The van der Waals surface area contributed by atoms with Gasteiger partial charge in [-0.05, 0) is 62.2 Å². The number of likely N-dealkylation sites (N-methyl/N-ethyl adjacent to an activating group) is 1. The molecule has 0 aromatic heterocycles. The summed E-state index contributed by atoms with van der Waals surface area (Å²) in [7, 11) is 6.69. The zero-order chi connectivity index (χ0) is 29.4. The van der Waals surface area contributed by atoms with E-state index in [0.29, 0.717) is 28.1 Å². The quantitative estimate of drug-likeness (QED) is 0.304. The molecule has 2 saturated carbocycles. The Morgan fingerprint density at radius 2 is 1.73 bits per heavy atom.